The summed E-state index contributed by atoms with van der Waals surface area (Å²) in [6, 6.07) is 0. The number of ether oxygens (including phenoxy) is 10. The van der Waals surface area contributed by atoms with Gasteiger partial charge in [-0.25, -0.2) is 0 Å². The Morgan fingerprint density at radius 2 is 1.20 bits per heavy atom. The fraction of sp³-hybridized carbons (Fsp3) is 0.961. The molecule has 0 aromatic heterocycles. The van der Waals surface area contributed by atoms with Crippen molar-refractivity contribution in [3.63, 3.8) is 0 Å². The van der Waals surface area contributed by atoms with Crippen LogP contribution in [0.3, 0.4) is 0 Å². The number of aliphatic hydroxyl groups is 10. The molecule has 10 N–H and O–H groups in total. The SMILES string of the molecule is CC1CC[C@@]2(OC1)O[C@H]1CC3C4CC=C5C[C@@H](O[C@@H]6O[C@H](CO)[C@@H](O[C@@H]7O[C@@H](C)[C@H](O[C@@H]8O[C@@H](C)[C@H](O)[C@@H](O)[C@H]8O)[C@@H](O)[C@H]7O)[C@H](O)[C@H]6O[C@@H]6O[C@@H](C)[C@H](O)[C@@H](O)[C@H]6O)CC[C@]5(C)C4CC[C@]3(C)C1[C@@H]2C. The van der Waals surface area contributed by atoms with Crippen LogP contribution in [0, 0.1) is 46.3 Å². The number of rotatable bonds is 9. The highest BCUT2D eigenvalue weighted by Crippen LogP contribution is 2.71. The Balaban J connectivity index is 0.836. The predicted molar refractivity (Wildman–Crippen MR) is 244 cm³/mol. The number of hydrogen-bond acceptors (Lipinski definition) is 20. The van der Waals surface area contributed by atoms with Crippen molar-refractivity contribution >= 4 is 0 Å². The Labute approximate surface area is 415 Å². The average molecular weight is 1020 g/mol. The quantitative estimate of drug-likeness (QED) is 0.137. The van der Waals surface area contributed by atoms with Crippen molar-refractivity contribution in [2.45, 2.75) is 247 Å². The lowest BCUT2D eigenvalue weighted by Gasteiger charge is -2.59. The van der Waals surface area contributed by atoms with Crippen molar-refractivity contribution in [2.75, 3.05) is 13.2 Å². The summed E-state index contributed by atoms with van der Waals surface area (Å²) >= 11 is 0. The van der Waals surface area contributed by atoms with Crippen LogP contribution in [0.1, 0.15) is 106 Å². The molecule has 6 aliphatic heterocycles. The van der Waals surface area contributed by atoms with Gasteiger partial charge in [0.05, 0.1) is 43.7 Å². The van der Waals surface area contributed by atoms with Crippen molar-refractivity contribution in [3.05, 3.63) is 11.6 Å². The highest BCUT2D eigenvalue weighted by Gasteiger charge is 2.69. The van der Waals surface area contributed by atoms with E-state index < -0.39 is 141 Å². The molecule has 20 heteroatoms. The molecule has 20 nitrogen and oxygen atoms in total. The lowest BCUT2D eigenvalue weighted by atomic mass is 9.47. The van der Waals surface area contributed by atoms with Crippen LogP contribution in [-0.4, -0.2) is 205 Å². The zero-order valence-corrected chi connectivity index (χ0v) is 42.1. The summed E-state index contributed by atoms with van der Waals surface area (Å²) in [5, 5.41) is 109. The molecule has 71 heavy (non-hydrogen) atoms. The van der Waals surface area contributed by atoms with E-state index in [0.29, 0.717) is 48.3 Å². The molecule has 6 heterocycles. The molecule has 10 rings (SSSR count). The van der Waals surface area contributed by atoms with Gasteiger partial charge in [0.1, 0.15) is 79.4 Å². The summed E-state index contributed by atoms with van der Waals surface area (Å²) in [6.07, 6.45) is -19.0. The van der Waals surface area contributed by atoms with Gasteiger partial charge in [-0.3, -0.25) is 0 Å². The summed E-state index contributed by atoms with van der Waals surface area (Å²) in [5.74, 6) is 2.46. The van der Waals surface area contributed by atoms with Gasteiger partial charge < -0.3 is 98.4 Å². The molecule has 10 aliphatic rings. The molecule has 406 valence electrons. The van der Waals surface area contributed by atoms with Crippen LogP contribution >= 0.6 is 0 Å². The lowest BCUT2D eigenvalue weighted by molar-refractivity contribution is -0.394. The van der Waals surface area contributed by atoms with Crippen LogP contribution in [-0.2, 0) is 47.4 Å². The minimum Gasteiger partial charge on any atom is -0.394 e. The van der Waals surface area contributed by atoms with Gasteiger partial charge in [0.15, 0.2) is 30.9 Å². The van der Waals surface area contributed by atoms with Crippen LogP contribution in [0.5, 0.6) is 0 Å². The first-order chi connectivity index (χ1) is 33.6. The van der Waals surface area contributed by atoms with Gasteiger partial charge in [-0.05, 0) is 113 Å². The molecule has 4 aliphatic carbocycles. The van der Waals surface area contributed by atoms with Crippen molar-refractivity contribution < 1.29 is 98.4 Å². The smallest absolute Gasteiger partial charge is 0.187 e. The van der Waals surface area contributed by atoms with Gasteiger partial charge in [-0.15, -0.1) is 0 Å². The van der Waals surface area contributed by atoms with Crippen LogP contribution in [0.25, 0.3) is 0 Å². The zero-order chi connectivity index (χ0) is 50.8. The molecule has 0 radical (unpaired) electrons. The average Bonchev–Trinajstić information content (AvgIpc) is 3.79. The van der Waals surface area contributed by atoms with Gasteiger partial charge >= 0.3 is 0 Å². The third-order valence-corrected chi connectivity index (χ3v) is 19.7. The van der Waals surface area contributed by atoms with Gasteiger partial charge in [-0.2, -0.15) is 0 Å². The first-order valence-electron chi connectivity index (χ1n) is 26.6. The van der Waals surface area contributed by atoms with Gasteiger partial charge in [0, 0.05) is 12.3 Å². The Morgan fingerprint density at radius 1 is 0.592 bits per heavy atom. The highest BCUT2D eigenvalue weighted by atomic mass is 16.8. The van der Waals surface area contributed by atoms with E-state index in [1.165, 1.54) is 26.3 Å². The van der Waals surface area contributed by atoms with E-state index in [4.69, 9.17) is 47.4 Å². The fourth-order valence-electron chi connectivity index (χ4n) is 15.4. The normalized spacial score (nSPS) is 58.4. The summed E-state index contributed by atoms with van der Waals surface area (Å²) in [6.45, 7) is 14.1. The zero-order valence-electron chi connectivity index (χ0n) is 42.1. The molecular formula is C51H82O20. The van der Waals surface area contributed by atoms with E-state index in [9.17, 15) is 51.1 Å². The van der Waals surface area contributed by atoms with Crippen LogP contribution < -0.4 is 0 Å². The topological polar surface area (TPSA) is 295 Å². The molecule has 6 saturated heterocycles. The first kappa shape index (κ1) is 53.3. The predicted octanol–water partition coefficient (Wildman–Crippen LogP) is 0.0935. The summed E-state index contributed by atoms with van der Waals surface area (Å²) < 4.78 is 62.2. The molecule has 0 amide bonds. The highest BCUT2D eigenvalue weighted by molar-refractivity contribution is 5.26. The largest absolute Gasteiger partial charge is 0.394 e. The summed E-state index contributed by atoms with van der Waals surface area (Å²) in [7, 11) is 0. The third kappa shape index (κ3) is 9.03. The van der Waals surface area contributed by atoms with E-state index in [1.807, 2.05) is 0 Å². The molecule has 0 bridgehead atoms. The molecule has 0 aromatic rings. The molecule has 5 unspecified atom stereocenters. The Kier molecular flexibility index (Phi) is 15.1. The lowest BCUT2D eigenvalue weighted by Crippen LogP contribution is -2.67. The standard InChI is InChI=1S/C51H82O20/c1-20-10-15-51(62-19-20)21(2)32-30(71-51)17-29-27-9-8-25-16-26(11-13-49(25,6)28(27)12-14-50(29,32)7)66-48-44(70-46-39(59)36(56)34(54)23(4)64-46)41(61)43(31(18-52)67-48)69-47-40(60)37(57)42(24(5)65-47)68-45-38(58)35(55)33(53)22(3)63-45/h8,20-24,26-48,52-61H,9-19H2,1-7H3/t20?,21-,22-,23-,24-,26-,27?,28?,29?,30-,31+,32?,33-,34-,35+,36+,37-,38+,39+,40+,41-,42-,43+,44+,45-,46-,47-,48+,49-,50-,51+/m0/s1. The van der Waals surface area contributed by atoms with E-state index in [0.717, 1.165) is 51.6 Å². The molecule has 3 saturated carbocycles. The molecule has 31 atom stereocenters. The van der Waals surface area contributed by atoms with Crippen molar-refractivity contribution in [1.29, 1.82) is 0 Å². The third-order valence-electron chi connectivity index (χ3n) is 19.7. The maximum Gasteiger partial charge on any atom is 0.187 e. The minimum atomic E-state index is -1.85. The van der Waals surface area contributed by atoms with Crippen LogP contribution in [0.2, 0.25) is 0 Å². The van der Waals surface area contributed by atoms with Crippen molar-refractivity contribution in [2.24, 2.45) is 46.3 Å². The molecular weight excluding hydrogens is 933 g/mol. The van der Waals surface area contributed by atoms with E-state index in [1.54, 1.807) is 0 Å². The van der Waals surface area contributed by atoms with Gasteiger partial charge in [-0.1, -0.05) is 39.3 Å². The van der Waals surface area contributed by atoms with E-state index in [-0.39, 0.29) is 16.9 Å². The number of fused-ring (bicyclic) bond motifs is 7. The second kappa shape index (κ2) is 20.1. The number of hydrogen-bond donors (Lipinski definition) is 10. The van der Waals surface area contributed by atoms with E-state index >= 15 is 0 Å². The Bertz CT molecular complexity index is 1890. The van der Waals surface area contributed by atoms with Crippen LogP contribution in [0.4, 0.5) is 0 Å². The number of allylic oxidation sites excluding steroid dienone is 1. The second-order valence-corrected chi connectivity index (χ2v) is 23.8. The Hall–Kier alpha value is -1.06. The first-order valence-corrected chi connectivity index (χ1v) is 26.6. The summed E-state index contributed by atoms with van der Waals surface area (Å²) in [5.41, 5.74) is 1.44. The maximum absolute atomic E-state index is 12.2. The fourth-order valence-corrected chi connectivity index (χ4v) is 15.4. The summed E-state index contributed by atoms with van der Waals surface area (Å²) in [4.78, 5) is 0. The molecule has 1 spiro atoms. The van der Waals surface area contributed by atoms with Gasteiger partial charge in [0.2, 0.25) is 0 Å². The van der Waals surface area contributed by atoms with Crippen molar-refractivity contribution in [1.82, 2.24) is 0 Å². The van der Waals surface area contributed by atoms with Crippen LogP contribution in [0.15, 0.2) is 11.6 Å². The van der Waals surface area contributed by atoms with E-state index in [2.05, 4.69) is 33.8 Å². The molecule has 9 fully saturated rings. The van der Waals surface area contributed by atoms with Gasteiger partial charge in [0.25, 0.3) is 0 Å². The maximum atomic E-state index is 12.2. The number of aliphatic hydroxyl groups excluding tert-OH is 10. The molecule has 0 aromatic carbocycles. The monoisotopic (exact) mass is 1010 g/mol. The van der Waals surface area contributed by atoms with Crippen molar-refractivity contribution in [3.8, 4) is 0 Å². The Morgan fingerprint density at radius 3 is 1.82 bits per heavy atom. The minimum absolute atomic E-state index is 0.0569. The second-order valence-electron chi connectivity index (χ2n) is 23.8.